The van der Waals surface area contributed by atoms with Gasteiger partial charge in [-0.05, 0) is 85.0 Å². The van der Waals surface area contributed by atoms with Gasteiger partial charge in [-0.1, -0.05) is 0 Å². The molecule has 2 N–H and O–H groups in total. The quantitative estimate of drug-likeness (QED) is 0.343. The molecule has 4 aliphatic heterocycles. The highest BCUT2D eigenvalue weighted by Crippen LogP contribution is 2.24. The van der Waals surface area contributed by atoms with E-state index in [0.29, 0.717) is 0 Å². The van der Waals surface area contributed by atoms with Crippen molar-refractivity contribution in [3.8, 4) is 0 Å². The van der Waals surface area contributed by atoms with Crippen LogP contribution in [0.1, 0.15) is 45.6 Å². The molecule has 0 aromatic carbocycles. The van der Waals surface area contributed by atoms with Crippen LogP contribution in [0.25, 0.3) is 70.7 Å². The summed E-state index contributed by atoms with van der Waals surface area (Å²) in [7, 11) is 0. The fraction of sp³-hybridized carbons (Fsp3) is 0. The van der Waals surface area contributed by atoms with Crippen molar-refractivity contribution in [2.24, 2.45) is 0 Å². The lowest BCUT2D eigenvalue weighted by molar-refractivity contribution is 1.21. The van der Waals surface area contributed by atoms with Gasteiger partial charge in [0.05, 0.1) is 56.6 Å². The minimum Gasteiger partial charge on any atom is -0.354 e. The third kappa shape index (κ3) is 2.81. The lowest BCUT2D eigenvalue weighted by Gasteiger charge is -1.89. The van der Waals surface area contributed by atoms with E-state index in [0.717, 1.165) is 67.6 Å². The Morgan fingerprint density at radius 1 is 0.406 bits per heavy atom. The van der Waals surface area contributed by atoms with Crippen molar-refractivity contribution in [2.45, 2.75) is 0 Å². The summed E-state index contributed by atoms with van der Waals surface area (Å²) in [5, 5.41) is 0. The predicted molar refractivity (Wildman–Crippen MR) is 130 cm³/mol. The molecule has 0 spiro atoms. The van der Waals surface area contributed by atoms with Crippen LogP contribution in [-0.2, 0) is 0 Å². The Morgan fingerprint density at radius 2 is 0.844 bits per heavy atom. The molecule has 0 unspecified atom stereocenters. The molecule has 4 aliphatic rings. The topological polar surface area (TPSA) is 83.1 Å². The average molecular weight is 412 g/mol. The van der Waals surface area contributed by atoms with Gasteiger partial charge in [0, 0.05) is 11.0 Å². The number of aromatic amines is 2. The molecule has 7 heterocycles. The van der Waals surface area contributed by atoms with Gasteiger partial charge in [0.25, 0.3) is 0 Å². The first kappa shape index (κ1) is 17.1. The van der Waals surface area contributed by atoms with Crippen molar-refractivity contribution in [3.05, 3.63) is 81.9 Å². The molecule has 0 fully saturated rings. The van der Waals surface area contributed by atoms with Crippen LogP contribution in [0.3, 0.4) is 0 Å². The smallest absolute Gasteiger partial charge is 0.0895 e. The Kier molecular flexibility index (Phi) is 3.46. The monoisotopic (exact) mass is 412 g/mol. The van der Waals surface area contributed by atoms with E-state index >= 15 is 0 Å². The van der Waals surface area contributed by atoms with E-state index in [1.54, 1.807) is 0 Å². The van der Waals surface area contributed by atoms with Crippen LogP contribution < -0.4 is 0 Å². The molecule has 6 heteroatoms. The van der Waals surface area contributed by atoms with Crippen molar-refractivity contribution in [3.63, 3.8) is 0 Å². The fourth-order valence-corrected chi connectivity index (χ4v) is 4.12. The Hall–Kier alpha value is -4.58. The molecule has 0 saturated carbocycles. The minimum absolute atomic E-state index is 0.850. The molecule has 150 valence electrons. The molecule has 6 nitrogen and oxygen atoms in total. The number of H-pyrrole nitrogens is 2. The lowest BCUT2D eigenvalue weighted by atomic mass is 10.3. The van der Waals surface area contributed by atoms with Crippen LogP contribution in [0.2, 0.25) is 0 Å². The number of rotatable bonds is 0. The lowest BCUT2D eigenvalue weighted by Crippen LogP contribution is -1.84. The minimum atomic E-state index is 0.850. The van der Waals surface area contributed by atoms with Gasteiger partial charge in [0.2, 0.25) is 0 Å². The summed E-state index contributed by atoms with van der Waals surface area (Å²) in [5.74, 6) is 0. The highest BCUT2D eigenvalue weighted by molar-refractivity contribution is 5.86. The highest BCUT2D eigenvalue weighted by atomic mass is 14.8. The maximum Gasteiger partial charge on any atom is 0.0895 e. The van der Waals surface area contributed by atoms with Gasteiger partial charge in [-0.15, -0.1) is 0 Å². The summed E-state index contributed by atoms with van der Waals surface area (Å²) in [4.78, 5) is 25.9. The Balaban J connectivity index is 1.54. The number of nitrogens with one attached hydrogen (secondary N) is 2. The molecule has 0 amide bonds. The van der Waals surface area contributed by atoms with Crippen molar-refractivity contribution >= 4 is 70.7 Å². The zero-order valence-electron chi connectivity index (χ0n) is 16.9. The summed E-state index contributed by atoms with van der Waals surface area (Å²) < 4.78 is 0. The molecule has 3 aromatic rings. The van der Waals surface area contributed by atoms with E-state index in [1.807, 2.05) is 66.8 Å². The zero-order chi connectivity index (χ0) is 21.1. The van der Waals surface area contributed by atoms with Crippen LogP contribution in [0, 0.1) is 0 Å². The van der Waals surface area contributed by atoms with Crippen molar-refractivity contribution in [1.29, 1.82) is 0 Å². The first-order valence-corrected chi connectivity index (χ1v) is 10.4. The number of fused-ring (bicyclic) bond motifs is 16. The molecule has 7 rings (SSSR count). The van der Waals surface area contributed by atoms with Crippen LogP contribution in [-0.4, -0.2) is 29.9 Å². The van der Waals surface area contributed by atoms with E-state index in [9.17, 15) is 0 Å². The number of nitrogens with zero attached hydrogens (tertiary/aromatic N) is 4. The second-order valence-corrected chi connectivity index (χ2v) is 7.89. The van der Waals surface area contributed by atoms with Gasteiger partial charge in [0.15, 0.2) is 0 Å². The Labute approximate surface area is 182 Å². The second-order valence-electron chi connectivity index (χ2n) is 7.89. The average Bonchev–Trinajstić information content (AvgIpc) is 3.62. The van der Waals surface area contributed by atoms with Crippen LogP contribution in [0.4, 0.5) is 0 Å². The molecule has 32 heavy (non-hydrogen) atoms. The second kappa shape index (κ2) is 6.46. The molecule has 0 aliphatic carbocycles. The fourth-order valence-electron chi connectivity index (χ4n) is 4.12. The van der Waals surface area contributed by atoms with E-state index in [2.05, 4.69) is 28.2 Å². The predicted octanol–water partition coefficient (Wildman–Crippen LogP) is 5.54. The summed E-state index contributed by atoms with van der Waals surface area (Å²) in [6, 6.07) is 12.3. The van der Waals surface area contributed by atoms with Gasteiger partial charge in [-0.2, -0.15) is 0 Å². The first-order valence-electron chi connectivity index (χ1n) is 10.4. The molecule has 0 radical (unpaired) electrons. The SMILES string of the molecule is C1=Cc2nc1cc1nc(c3nc(c4ccc(cc5ccc([nH]5)c5nc2C=C5)[nH]4)C=C3)C=C1. The Morgan fingerprint density at radius 3 is 1.38 bits per heavy atom. The van der Waals surface area contributed by atoms with Crippen molar-refractivity contribution in [1.82, 2.24) is 29.9 Å². The third-order valence-electron chi connectivity index (χ3n) is 5.70. The summed E-state index contributed by atoms with van der Waals surface area (Å²) in [6.45, 7) is 0. The van der Waals surface area contributed by atoms with Crippen molar-refractivity contribution in [2.75, 3.05) is 0 Å². The van der Waals surface area contributed by atoms with E-state index in [1.165, 1.54) is 0 Å². The molecular weight excluding hydrogens is 396 g/mol. The standard InChI is InChI=1S/C26H16N6/c1-5-19-23-9-10-24(31-23)21-7-3-17(29-21)14-18-4-8-22(30-18)26-12-11-25(32-26)20-6-2-16(28-20)13-15(1)27-19/h1-14,27-28H. The van der Waals surface area contributed by atoms with E-state index < -0.39 is 0 Å². The van der Waals surface area contributed by atoms with Gasteiger partial charge in [0.1, 0.15) is 0 Å². The van der Waals surface area contributed by atoms with E-state index in [4.69, 9.17) is 19.9 Å². The largest absolute Gasteiger partial charge is 0.354 e. The van der Waals surface area contributed by atoms with Gasteiger partial charge in [-0.3, -0.25) is 0 Å². The van der Waals surface area contributed by atoms with Gasteiger partial charge < -0.3 is 9.97 Å². The number of hydrogen-bond acceptors (Lipinski definition) is 4. The summed E-state index contributed by atoms with van der Waals surface area (Å²) in [5.41, 5.74) is 10.9. The molecule has 0 atom stereocenters. The van der Waals surface area contributed by atoms with E-state index in [-0.39, 0.29) is 0 Å². The van der Waals surface area contributed by atoms with Crippen LogP contribution in [0.5, 0.6) is 0 Å². The maximum atomic E-state index is 4.78. The molecule has 12 bridgehead atoms. The first-order chi connectivity index (χ1) is 15.8. The molecular formula is C26H16N6. The maximum absolute atomic E-state index is 4.78. The zero-order valence-corrected chi connectivity index (χ0v) is 16.9. The third-order valence-corrected chi connectivity index (χ3v) is 5.70. The summed E-state index contributed by atoms with van der Waals surface area (Å²) in [6.07, 6.45) is 16.0. The molecule has 3 aromatic heterocycles. The van der Waals surface area contributed by atoms with Crippen molar-refractivity contribution < 1.29 is 0 Å². The van der Waals surface area contributed by atoms with Crippen LogP contribution >= 0.6 is 0 Å². The van der Waals surface area contributed by atoms with Crippen LogP contribution in [0.15, 0.2) is 36.4 Å². The normalized spacial score (nSPS) is 13.8. The Bertz CT molecular complexity index is 1550. The van der Waals surface area contributed by atoms with Gasteiger partial charge >= 0.3 is 0 Å². The van der Waals surface area contributed by atoms with Gasteiger partial charge in [-0.25, -0.2) is 19.9 Å². The number of hydrogen-bond donors (Lipinski definition) is 2. The summed E-state index contributed by atoms with van der Waals surface area (Å²) >= 11 is 0. The highest BCUT2D eigenvalue weighted by Gasteiger charge is 2.11. The number of aromatic nitrogens is 6. The molecule has 0 saturated heterocycles.